The normalized spacial score (nSPS) is 19.9. The van der Waals surface area contributed by atoms with Crippen molar-refractivity contribution in [3.8, 4) is 0 Å². The van der Waals surface area contributed by atoms with Crippen molar-refractivity contribution in [2.45, 2.75) is 84.6 Å². The Labute approximate surface area is 209 Å². The van der Waals surface area contributed by atoms with Crippen LogP contribution in [0.15, 0.2) is 11.1 Å². The van der Waals surface area contributed by atoms with Crippen molar-refractivity contribution >= 4 is 35.1 Å². The van der Waals surface area contributed by atoms with Crippen LogP contribution >= 0.6 is 18.6 Å². The number of rotatable bonds is 2. The maximum absolute atomic E-state index is 8.09. The molecule has 2 atom stereocenters. The van der Waals surface area contributed by atoms with Crippen LogP contribution < -0.4 is 0 Å². The third-order valence-electron chi connectivity index (χ3n) is 9.46. The van der Waals surface area contributed by atoms with Gasteiger partial charge in [0.2, 0.25) is 0 Å². The van der Waals surface area contributed by atoms with Gasteiger partial charge in [0.25, 0.3) is 0 Å². The molecule has 0 saturated carbocycles. The van der Waals surface area contributed by atoms with E-state index in [0.29, 0.717) is 0 Å². The maximum atomic E-state index is 8.09. The molecule has 0 nitrogen and oxygen atoms in total. The van der Waals surface area contributed by atoms with E-state index in [2.05, 4.69) is 92.6 Å². The van der Waals surface area contributed by atoms with Crippen LogP contribution in [-0.4, -0.2) is 4.31 Å². The van der Waals surface area contributed by atoms with Crippen molar-refractivity contribution in [1.82, 2.24) is 0 Å². The van der Waals surface area contributed by atoms with E-state index in [9.17, 15) is 0 Å². The molecular weight excluding hydrogens is 479 g/mol. The van der Waals surface area contributed by atoms with Crippen molar-refractivity contribution in [3.63, 3.8) is 0 Å². The van der Waals surface area contributed by atoms with E-state index in [0.717, 1.165) is 0 Å². The number of fused-ring (bicyclic) bond motifs is 2. The first-order chi connectivity index (χ1) is 15.2. The summed E-state index contributed by atoms with van der Waals surface area (Å²) in [6, 6.07) is 0. The molecule has 0 N–H and O–H groups in total. The monoisotopic (exact) mass is 516 g/mol. The van der Waals surface area contributed by atoms with E-state index in [1.54, 1.807) is 0 Å². The van der Waals surface area contributed by atoms with E-state index in [4.69, 9.17) is 18.6 Å². The Kier molecular flexibility index (Phi) is 5.95. The Hall–Kier alpha value is -0.916. The fraction of sp³-hybridized carbons (Fsp3) is 0.433. The Balaban J connectivity index is 2.10. The first-order valence-corrected chi connectivity index (χ1v) is 19.1. The van der Waals surface area contributed by atoms with Crippen LogP contribution in [0.1, 0.15) is 96.0 Å². The molecule has 2 aromatic carbocycles. The topological polar surface area (TPSA) is 0 Å². The molecule has 0 radical (unpaired) electrons. The van der Waals surface area contributed by atoms with Gasteiger partial charge in [0.1, 0.15) is 0 Å². The first-order valence-electron chi connectivity index (χ1n) is 12.1. The zero-order valence-corrected chi connectivity index (χ0v) is 25.2. The molecule has 0 fully saturated rings. The Morgan fingerprint density at radius 3 is 1.15 bits per heavy atom. The van der Waals surface area contributed by atoms with Crippen molar-refractivity contribution in [1.29, 1.82) is 0 Å². The Morgan fingerprint density at radius 1 is 0.545 bits per heavy atom. The summed E-state index contributed by atoms with van der Waals surface area (Å²) in [6.07, 6.45) is 4.75. The van der Waals surface area contributed by atoms with Gasteiger partial charge >= 0.3 is 210 Å². The average molecular weight is 517 g/mol. The quantitative estimate of drug-likeness (QED) is 0.348. The van der Waals surface area contributed by atoms with Gasteiger partial charge in [-0.15, -0.1) is 0 Å². The van der Waals surface area contributed by atoms with Crippen molar-refractivity contribution in [3.05, 3.63) is 77.9 Å². The van der Waals surface area contributed by atoms with E-state index in [1.807, 2.05) is 0 Å². The molecule has 176 valence electrons. The number of hydrogen-bond donors (Lipinski definition) is 0. The van der Waals surface area contributed by atoms with Crippen LogP contribution in [0, 0.1) is 55.4 Å². The van der Waals surface area contributed by atoms with Gasteiger partial charge in [0.15, 0.2) is 0 Å². The standard InChI is InChI=1S/2C14H17.C2H4.2ClH.Ti/c2*1-8-6-13-11(4)9(2)10(3)12(5)14(13)7-8;1-2;;;/h2*6-7H,1-5H3;1H,2H3;2*1H;/q;;;;;+2/p-2. The zero-order valence-electron chi connectivity index (χ0n) is 22.1. The van der Waals surface area contributed by atoms with Gasteiger partial charge in [-0.05, 0) is 0 Å². The summed E-state index contributed by atoms with van der Waals surface area (Å²) in [6.45, 7) is 24.6. The van der Waals surface area contributed by atoms with E-state index < -0.39 is 12.7 Å². The molecule has 0 saturated heterocycles. The number of benzene rings is 2. The fourth-order valence-electron chi connectivity index (χ4n) is 6.86. The SMILES string of the molecule is C[CH]=[Ti]([Cl])([Cl])([CH]1C(C)=Cc2c(C)c(C)c(C)c(C)c21)[CH]1C(C)=Cc2c(C)c(C)c(C)c(C)c21. The van der Waals surface area contributed by atoms with Gasteiger partial charge in [-0.3, -0.25) is 0 Å². The van der Waals surface area contributed by atoms with Gasteiger partial charge < -0.3 is 0 Å². The van der Waals surface area contributed by atoms with Gasteiger partial charge in [-0.2, -0.15) is 0 Å². The summed E-state index contributed by atoms with van der Waals surface area (Å²) in [7, 11) is 16.2. The summed E-state index contributed by atoms with van der Waals surface area (Å²) in [5.41, 5.74) is 19.1. The third-order valence-corrected chi connectivity index (χ3v) is 22.3. The molecule has 0 aromatic heterocycles. The van der Waals surface area contributed by atoms with Crippen LogP contribution in [0.5, 0.6) is 0 Å². The summed E-state index contributed by atoms with van der Waals surface area (Å²) >= 11 is -4.42. The number of hydrogen-bond acceptors (Lipinski definition) is 0. The van der Waals surface area contributed by atoms with E-state index in [-0.39, 0.29) is 8.45 Å². The van der Waals surface area contributed by atoms with E-state index in [1.165, 1.54) is 77.9 Å². The molecule has 2 aliphatic rings. The summed E-state index contributed by atoms with van der Waals surface area (Å²) in [5, 5.41) is 0. The van der Waals surface area contributed by atoms with Crippen LogP contribution in [-0.2, 0) is 12.7 Å². The van der Waals surface area contributed by atoms with Crippen LogP contribution in [0.2, 0.25) is 0 Å². The minimum absolute atomic E-state index is 0.0731. The van der Waals surface area contributed by atoms with Gasteiger partial charge in [-0.25, -0.2) is 0 Å². The molecule has 2 aliphatic carbocycles. The van der Waals surface area contributed by atoms with Gasteiger partial charge in [0.05, 0.1) is 0 Å². The molecule has 2 aromatic rings. The van der Waals surface area contributed by atoms with Crippen molar-refractivity contribution in [2.24, 2.45) is 0 Å². The average Bonchev–Trinajstić information content (AvgIpc) is 3.32. The second kappa shape index (κ2) is 7.79. The van der Waals surface area contributed by atoms with E-state index >= 15 is 0 Å². The Morgan fingerprint density at radius 2 is 0.848 bits per heavy atom. The predicted octanol–water partition coefficient (Wildman–Crippen LogP) is 9.59. The van der Waals surface area contributed by atoms with Crippen molar-refractivity contribution in [2.75, 3.05) is 0 Å². The summed E-state index contributed by atoms with van der Waals surface area (Å²) in [5.74, 6) is 0. The van der Waals surface area contributed by atoms with Crippen LogP contribution in [0.3, 0.4) is 0 Å². The first kappa shape index (κ1) is 25.2. The molecule has 3 heteroatoms. The summed E-state index contributed by atoms with van der Waals surface area (Å²) < 4.78 is 2.41. The molecule has 0 bridgehead atoms. The number of halogens is 2. The van der Waals surface area contributed by atoms with Gasteiger partial charge in [0, 0.05) is 0 Å². The molecule has 0 heterocycles. The van der Waals surface area contributed by atoms with Crippen molar-refractivity contribution < 1.29 is 12.7 Å². The molecule has 2 unspecified atom stereocenters. The predicted molar refractivity (Wildman–Crippen MR) is 147 cm³/mol. The Bertz CT molecular complexity index is 1280. The molecule has 33 heavy (non-hydrogen) atoms. The zero-order chi connectivity index (χ0) is 24.8. The molecule has 0 amide bonds. The second-order valence-electron chi connectivity index (χ2n) is 10.8. The molecule has 0 spiro atoms. The molecule has 0 aliphatic heterocycles. The molecule has 4 rings (SSSR count). The van der Waals surface area contributed by atoms with Gasteiger partial charge in [-0.1, -0.05) is 0 Å². The second-order valence-corrected chi connectivity index (χ2v) is 25.1. The fourth-order valence-corrected chi connectivity index (χ4v) is 18.9. The third kappa shape index (κ3) is 3.17. The van der Waals surface area contributed by atoms with Crippen LogP contribution in [0.4, 0.5) is 0 Å². The summed E-state index contributed by atoms with van der Waals surface area (Å²) in [4.78, 5) is 0. The number of allylic oxidation sites excluding steroid dienone is 2. The minimum atomic E-state index is -4.42. The molecular formula is C30H38Cl2Ti. The van der Waals surface area contributed by atoms with Crippen LogP contribution in [0.25, 0.3) is 12.2 Å².